The Hall–Kier alpha value is -1.56. The van der Waals surface area contributed by atoms with Gasteiger partial charge in [-0.05, 0) is 12.1 Å². The van der Waals surface area contributed by atoms with E-state index in [-0.39, 0.29) is 16.7 Å². The number of hydrogen-bond donors (Lipinski definition) is 2. The molecule has 0 bridgehead atoms. The number of fused-ring (bicyclic) bond motifs is 1. The van der Waals surface area contributed by atoms with E-state index >= 15 is 0 Å². The molecule has 2 N–H and O–H groups in total. The highest BCUT2D eigenvalue weighted by Crippen LogP contribution is 2.32. The van der Waals surface area contributed by atoms with Gasteiger partial charge in [-0.15, -0.1) is 0 Å². The Morgan fingerprint density at radius 1 is 1.35 bits per heavy atom. The van der Waals surface area contributed by atoms with E-state index in [4.69, 9.17) is 0 Å². The molecule has 92 valence electrons. The molecule has 0 aromatic heterocycles. The molecule has 0 spiro atoms. The van der Waals surface area contributed by atoms with Crippen LogP contribution in [0.15, 0.2) is 23.1 Å². The highest BCUT2D eigenvalue weighted by atomic mass is 32.2. The zero-order valence-corrected chi connectivity index (χ0v) is 10.5. The molecule has 2 rings (SSSR count). The van der Waals surface area contributed by atoms with Gasteiger partial charge in [0.05, 0.1) is 22.2 Å². The zero-order chi connectivity index (χ0) is 12.6. The molecule has 1 aliphatic rings. The molecule has 0 saturated carbocycles. The Labute approximate surface area is 100 Å². The molecule has 1 atom stereocenters. The number of sulfone groups is 1. The second kappa shape index (κ2) is 4.03. The lowest BCUT2D eigenvalue weighted by Gasteiger charge is -2.11. The van der Waals surface area contributed by atoms with Crippen molar-refractivity contribution in [3.63, 3.8) is 0 Å². The summed E-state index contributed by atoms with van der Waals surface area (Å²) in [5, 5.41) is 5.74. The third-order valence-corrected chi connectivity index (χ3v) is 3.86. The van der Waals surface area contributed by atoms with Crippen molar-refractivity contribution in [3.05, 3.63) is 18.2 Å². The fourth-order valence-electron chi connectivity index (χ4n) is 1.72. The van der Waals surface area contributed by atoms with Crippen molar-refractivity contribution >= 4 is 27.1 Å². The Morgan fingerprint density at radius 3 is 2.71 bits per heavy atom. The van der Waals surface area contributed by atoms with Gasteiger partial charge < -0.3 is 10.6 Å². The van der Waals surface area contributed by atoms with Gasteiger partial charge in [-0.3, -0.25) is 4.79 Å². The number of hydrogen-bond acceptors (Lipinski definition) is 4. The lowest BCUT2D eigenvalue weighted by atomic mass is 10.2. The molecule has 17 heavy (non-hydrogen) atoms. The average Bonchev–Trinajstić information content (AvgIpc) is 2.38. The summed E-state index contributed by atoms with van der Waals surface area (Å²) in [6.45, 7) is 2.28. The van der Waals surface area contributed by atoms with E-state index < -0.39 is 9.84 Å². The molecule has 1 heterocycles. The summed E-state index contributed by atoms with van der Waals surface area (Å²) in [5.74, 6) is -0.373. The van der Waals surface area contributed by atoms with Crippen molar-refractivity contribution in [1.82, 2.24) is 0 Å². The number of carbonyl (C=O) groups excluding carboxylic acids is 1. The number of carbonyl (C=O) groups is 1. The van der Waals surface area contributed by atoms with E-state index in [2.05, 4.69) is 10.6 Å². The van der Waals surface area contributed by atoms with E-state index in [1.54, 1.807) is 19.1 Å². The second-order valence-electron chi connectivity index (χ2n) is 4.22. The van der Waals surface area contributed by atoms with Crippen LogP contribution in [-0.2, 0) is 14.6 Å². The summed E-state index contributed by atoms with van der Waals surface area (Å²) >= 11 is 0. The predicted molar refractivity (Wildman–Crippen MR) is 65.8 cm³/mol. The number of para-hydroxylation sites is 1. The maximum atomic E-state index is 11.7. The summed E-state index contributed by atoms with van der Waals surface area (Å²) in [6.07, 6.45) is 1.13. The molecule has 1 aromatic rings. The first-order valence-electron chi connectivity index (χ1n) is 5.27. The van der Waals surface area contributed by atoms with E-state index in [0.717, 1.165) is 6.26 Å². The van der Waals surface area contributed by atoms with Crippen LogP contribution in [0.25, 0.3) is 0 Å². The van der Waals surface area contributed by atoms with Crippen LogP contribution in [0, 0.1) is 5.92 Å². The average molecular weight is 254 g/mol. The van der Waals surface area contributed by atoms with Crippen molar-refractivity contribution in [3.8, 4) is 0 Å². The molecule has 0 saturated heterocycles. The second-order valence-corrected chi connectivity index (χ2v) is 6.21. The van der Waals surface area contributed by atoms with E-state index in [0.29, 0.717) is 17.9 Å². The zero-order valence-electron chi connectivity index (χ0n) is 9.65. The first-order valence-corrected chi connectivity index (χ1v) is 7.16. The normalized spacial score (nSPS) is 19.9. The van der Waals surface area contributed by atoms with Gasteiger partial charge in [0, 0.05) is 12.8 Å². The molecule has 1 unspecified atom stereocenters. The predicted octanol–water partition coefficient (Wildman–Crippen LogP) is 1.09. The van der Waals surface area contributed by atoms with Crippen LogP contribution in [0.1, 0.15) is 6.92 Å². The Kier molecular flexibility index (Phi) is 2.82. The summed E-state index contributed by atoms with van der Waals surface area (Å²) in [6, 6.07) is 4.90. The molecule has 0 aliphatic carbocycles. The number of nitrogens with one attached hydrogen (secondary N) is 2. The summed E-state index contributed by atoms with van der Waals surface area (Å²) in [7, 11) is -3.36. The largest absolute Gasteiger partial charge is 0.383 e. The van der Waals surface area contributed by atoms with E-state index in [1.165, 1.54) is 6.07 Å². The molecule has 0 radical (unpaired) electrons. The maximum Gasteiger partial charge on any atom is 0.229 e. The number of benzene rings is 1. The van der Waals surface area contributed by atoms with Crippen molar-refractivity contribution in [2.24, 2.45) is 5.92 Å². The standard InChI is InChI=1S/C11H14N2O3S/c1-7-6-12-8-4-3-5-9(17(2,15)16)10(8)13-11(7)14/h3-5,7,12H,6H2,1-2H3,(H,13,14). The maximum absolute atomic E-state index is 11.7. The van der Waals surface area contributed by atoms with Crippen molar-refractivity contribution in [2.75, 3.05) is 23.4 Å². The van der Waals surface area contributed by atoms with Crippen molar-refractivity contribution in [1.29, 1.82) is 0 Å². The monoisotopic (exact) mass is 254 g/mol. The number of anilines is 2. The first kappa shape index (κ1) is 11.9. The summed E-state index contributed by atoms with van der Waals surface area (Å²) in [5.41, 5.74) is 0.995. The molecule has 0 fully saturated rings. The Bertz CT molecular complexity index is 566. The van der Waals surface area contributed by atoms with Crippen LogP contribution in [0.4, 0.5) is 11.4 Å². The van der Waals surface area contributed by atoms with Gasteiger partial charge in [0.1, 0.15) is 0 Å². The molecule has 6 heteroatoms. The number of rotatable bonds is 1. The topological polar surface area (TPSA) is 75.3 Å². The van der Waals surface area contributed by atoms with Gasteiger partial charge >= 0.3 is 0 Å². The number of amides is 1. The van der Waals surface area contributed by atoms with Crippen LogP contribution >= 0.6 is 0 Å². The highest BCUT2D eigenvalue weighted by molar-refractivity contribution is 7.90. The Balaban J connectivity index is 2.59. The van der Waals surface area contributed by atoms with Gasteiger partial charge in [-0.2, -0.15) is 0 Å². The highest BCUT2D eigenvalue weighted by Gasteiger charge is 2.24. The minimum absolute atomic E-state index is 0.143. The lowest BCUT2D eigenvalue weighted by Crippen LogP contribution is -2.23. The minimum atomic E-state index is -3.36. The third-order valence-electron chi connectivity index (χ3n) is 2.72. The fourth-order valence-corrected chi connectivity index (χ4v) is 2.58. The molecular formula is C11H14N2O3S. The third kappa shape index (κ3) is 2.26. The quantitative estimate of drug-likeness (QED) is 0.786. The van der Waals surface area contributed by atoms with Gasteiger partial charge in [0.25, 0.3) is 0 Å². The molecular weight excluding hydrogens is 240 g/mol. The van der Waals surface area contributed by atoms with Gasteiger partial charge in [0.2, 0.25) is 5.91 Å². The minimum Gasteiger partial charge on any atom is -0.383 e. The molecule has 1 aromatic carbocycles. The van der Waals surface area contributed by atoms with Gasteiger partial charge in [-0.25, -0.2) is 8.42 Å². The van der Waals surface area contributed by atoms with Crippen molar-refractivity contribution < 1.29 is 13.2 Å². The van der Waals surface area contributed by atoms with E-state index in [1.807, 2.05) is 0 Å². The lowest BCUT2D eigenvalue weighted by molar-refractivity contribution is -0.118. The van der Waals surface area contributed by atoms with Crippen LogP contribution in [0.5, 0.6) is 0 Å². The van der Waals surface area contributed by atoms with Crippen LogP contribution in [0.2, 0.25) is 0 Å². The SMILES string of the molecule is CC1CNc2cccc(S(C)(=O)=O)c2NC1=O. The molecule has 1 aliphatic heterocycles. The van der Waals surface area contributed by atoms with Gasteiger partial charge in [0.15, 0.2) is 9.84 Å². The molecule has 5 nitrogen and oxygen atoms in total. The van der Waals surface area contributed by atoms with Crippen LogP contribution < -0.4 is 10.6 Å². The molecule has 1 amide bonds. The van der Waals surface area contributed by atoms with Crippen LogP contribution in [-0.4, -0.2) is 27.1 Å². The summed E-state index contributed by atoms with van der Waals surface area (Å²) < 4.78 is 23.3. The van der Waals surface area contributed by atoms with Crippen LogP contribution in [0.3, 0.4) is 0 Å². The fraction of sp³-hybridized carbons (Fsp3) is 0.364. The van der Waals surface area contributed by atoms with E-state index in [9.17, 15) is 13.2 Å². The smallest absolute Gasteiger partial charge is 0.229 e. The first-order chi connectivity index (χ1) is 7.89. The van der Waals surface area contributed by atoms with Gasteiger partial charge in [-0.1, -0.05) is 13.0 Å². The summed E-state index contributed by atoms with van der Waals surface area (Å²) in [4.78, 5) is 11.9. The van der Waals surface area contributed by atoms with Crippen molar-refractivity contribution in [2.45, 2.75) is 11.8 Å². The Morgan fingerprint density at radius 2 is 2.06 bits per heavy atom.